The third-order valence-corrected chi connectivity index (χ3v) is 5.33. The second kappa shape index (κ2) is 9.33. The molecule has 0 fully saturated rings. The summed E-state index contributed by atoms with van der Waals surface area (Å²) in [5.74, 6) is 0.987. The van der Waals surface area contributed by atoms with Crippen LogP contribution in [-0.4, -0.2) is 49.0 Å². The SMILES string of the molecule is COc1ccc(/C=C/C(=O)Nc2cccc(N(C)S(C)(=O)=O)c2)c(OC)c1OC. The summed E-state index contributed by atoms with van der Waals surface area (Å²) in [6.45, 7) is 0. The Balaban J connectivity index is 2.21. The van der Waals surface area contributed by atoms with Crippen molar-refractivity contribution in [2.75, 3.05) is 44.3 Å². The molecule has 0 aliphatic rings. The van der Waals surface area contributed by atoms with Crippen LogP contribution in [0.15, 0.2) is 42.5 Å². The summed E-state index contributed by atoms with van der Waals surface area (Å²) >= 11 is 0. The van der Waals surface area contributed by atoms with E-state index in [4.69, 9.17) is 14.2 Å². The van der Waals surface area contributed by atoms with Gasteiger partial charge in [0.2, 0.25) is 21.7 Å². The maximum absolute atomic E-state index is 12.3. The lowest BCUT2D eigenvalue weighted by Gasteiger charge is -2.17. The van der Waals surface area contributed by atoms with Crippen LogP contribution >= 0.6 is 0 Å². The van der Waals surface area contributed by atoms with Gasteiger partial charge in [-0.25, -0.2) is 8.42 Å². The average molecular weight is 420 g/mol. The summed E-state index contributed by atoms with van der Waals surface area (Å²) in [5.41, 5.74) is 1.54. The number of ether oxygens (including phenoxy) is 3. The van der Waals surface area contributed by atoms with Gasteiger partial charge in [-0.05, 0) is 36.4 Å². The molecule has 2 rings (SSSR count). The molecule has 0 bridgehead atoms. The molecule has 0 unspecified atom stereocenters. The molecule has 2 aromatic rings. The molecule has 0 saturated carbocycles. The van der Waals surface area contributed by atoms with E-state index in [1.54, 1.807) is 42.5 Å². The first-order chi connectivity index (χ1) is 13.7. The van der Waals surface area contributed by atoms with Crippen molar-refractivity contribution in [1.82, 2.24) is 0 Å². The van der Waals surface area contributed by atoms with Crippen LogP contribution in [0.2, 0.25) is 0 Å². The molecule has 1 amide bonds. The van der Waals surface area contributed by atoms with E-state index in [1.165, 1.54) is 34.5 Å². The van der Waals surface area contributed by atoms with Crippen molar-refractivity contribution in [1.29, 1.82) is 0 Å². The standard InChI is InChI=1S/C20H24N2O6S/c1-22(29(5,24)25)16-8-6-7-15(13-16)21-18(23)12-10-14-9-11-17(26-2)20(28-4)19(14)27-3/h6-13H,1-5H3,(H,21,23)/b12-10+. The van der Waals surface area contributed by atoms with Crippen LogP contribution < -0.4 is 23.8 Å². The lowest BCUT2D eigenvalue weighted by Crippen LogP contribution is -2.24. The number of amides is 1. The predicted molar refractivity (Wildman–Crippen MR) is 113 cm³/mol. The van der Waals surface area contributed by atoms with E-state index in [0.29, 0.717) is 34.2 Å². The summed E-state index contributed by atoms with van der Waals surface area (Å²) < 4.78 is 40.4. The van der Waals surface area contributed by atoms with Gasteiger partial charge in [0, 0.05) is 24.4 Å². The number of nitrogens with zero attached hydrogens (tertiary/aromatic N) is 1. The third-order valence-electron chi connectivity index (χ3n) is 4.12. The number of rotatable bonds is 8. The zero-order valence-electron chi connectivity index (χ0n) is 16.9. The molecule has 0 saturated heterocycles. The zero-order chi connectivity index (χ0) is 21.6. The van der Waals surface area contributed by atoms with Crippen LogP contribution in [0.25, 0.3) is 6.08 Å². The lowest BCUT2D eigenvalue weighted by atomic mass is 10.1. The van der Waals surface area contributed by atoms with Gasteiger partial charge < -0.3 is 19.5 Å². The highest BCUT2D eigenvalue weighted by molar-refractivity contribution is 7.92. The predicted octanol–water partition coefficient (Wildman–Crippen LogP) is 2.76. The maximum Gasteiger partial charge on any atom is 0.248 e. The Hall–Kier alpha value is -3.20. The van der Waals surface area contributed by atoms with Gasteiger partial charge in [-0.2, -0.15) is 0 Å². The second-order valence-corrected chi connectivity index (χ2v) is 8.04. The Morgan fingerprint density at radius 3 is 2.31 bits per heavy atom. The zero-order valence-corrected chi connectivity index (χ0v) is 17.7. The number of carbonyl (C=O) groups is 1. The highest BCUT2D eigenvalue weighted by Crippen LogP contribution is 2.40. The van der Waals surface area contributed by atoms with Crippen molar-refractivity contribution in [3.63, 3.8) is 0 Å². The first-order valence-corrected chi connectivity index (χ1v) is 10.4. The van der Waals surface area contributed by atoms with E-state index in [-0.39, 0.29) is 5.91 Å². The molecule has 0 heterocycles. The van der Waals surface area contributed by atoms with E-state index >= 15 is 0 Å². The molecule has 0 aliphatic heterocycles. The van der Waals surface area contributed by atoms with Crippen LogP contribution in [0, 0.1) is 0 Å². The van der Waals surface area contributed by atoms with Crippen molar-refractivity contribution < 1.29 is 27.4 Å². The molecule has 0 spiro atoms. The van der Waals surface area contributed by atoms with E-state index in [9.17, 15) is 13.2 Å². The summed E-state index contributed by atoms with van der Waals surface area (Å²) in [5, 5.41) is 2.70. The molecule has 1 N–H and O–H groups in total. The number of sulfonamides is 1. The minimum absolute atomic E-state index is 0.388. The number of benzene rings is 2. The fourth-order valence-electron chi connectivity index (χ4n) is 2.58. The Kier molecular flexibility index (Phi) is 7.11. The summed E-state index contributed by atoms with van der Waals surface area (Å²) in [7, 11) is 2.57. The normalized spacial score (nSPS) is 11.2. The summed E-state index contributed by atoms with van der Waals surface area (Å²) in [6.07, 6.45) is 4.04. The van der Waals surface area contributed by atoms with Gasteiger partial charge in [0.15, 0.2) is 11.5 Å². The Bertz CT molecular complexity index is 1020. The maximum atomic E-state index is 12.3. The van der Waals surface area contributed by atoms with E-state index in [0.717, 1.165) is 10.6 Å². The minimum Gasteiger partial charge on any atom is -0.493 e. The number of hydrogen-bond donors (Lipinski definition) is 1. The third kappa shape index (κ3) is 5.41. The Morgan fingerprint density at radius 2 is 1.72 bits per heavy atom. The highest BCUT2D eigenvalue weighted by atomic mass is 32.2. The molecular weight excluding hydrogens is 396 g/mol. The fraction of sp³-hybridized carbons (Fsp3) is 0.250. The minimum atomic E-state index is -3.40. The molecule has 0 aliphatic carbocycles. The van der Waals surface area contributed by atoms with Gasteiger partial charge in [0.1, 0.15) is 0 Å². The van der Waals surface area contributed by atoms with Crippen molar-refractivity contribution in [3.8, 4) is 17.2 Å². The van der Waals surface area contributed by atoms with E-state index in [2.05, 4.69) is 5.32 Å². The van der Waals surface area contributed by atoms with Crippen LogP contribution in [-0.2, 0) is 14.8 Å². The molecule has 0 radical (unpaired) electrons. The monoisotopic (exact) mass is 420 g/mol. The highest BCUT2D eigenvalue weighted by Gasteiger charge is 2.15. The van der Waals surface area contributed by atoms with Gasteiger partial charge in [-0.1, -0.05) is 6.07 Å². The van der Waals surface area contributed by atoms with Crippen LogP contribution in [0.4, 0.5) is 11.4 Å². The fourth-order valence-corrected chi connectivity index (χ4v) is 3.07. The molecule has 0 aromatic heterocycles. The smallest absolute Gasteiger partial charge is 0.248 e. The molecule has 0 atom stereocenters. The van der Waals surface area contributed by atoms with Crippen LogP contribution in [0.3, 0.4) is 0 Å². The Morgan fingerprint density at radius 1 is 1.03 bits per heavy atom. The number of anilines is 2. The van der Waals surface area contributed by atoms with Gasteiger partial charge >= 0.3 is 0 Å². The summed E-state index contributed by atoms with van der Waals surface area (Å²) in [6, 6.07) is 10.00. The first kappa shape index (κ1) is 22.1. The van der Waals surface area contributed by atoms with Crippen LogP contribution in [0.1, 0.15) is 5.56 Å². The van der Waals surface area contributed by atoms with Crippen molar-refractivity contribution in [2.45, 2.75) is 0 Å². The average Bonchev–Trinajstić information content (AvgIpc) is 2.70. The van der Waals surface area contributed by atoms with Gasteiger partial charge in [0.25, 0.3) is 0 Å². The molecule has 2 aromatic carbocycles. The lowest BCUT2D eigenvalue weighted by molar-refractivity contribution is -0.111. The van der Waals surface area contributed by atoms with Crippen LogP contribution in [0.5, 0.6) is 17.2 Å². The molecule has 156 valence electrons. The number of carbonyl (C=O) groups excluding carboxylic acids is 1. The van der Waals surface area contributed by atoms with Crippen molar-refractivity contribution in [3.05, 3.63) is 48.0 Å². The van der Waals surface area contributed by atoms with E-state index < -0.39 is 10.0 Å². The topological polar surface area (TPSA) is 94.2 Å². The molecule has 29 heavy (non-hydrogen) atoms. The van der Waals surface area contributed by atoms with E-state index in [1.807, 2.05) is 0 Å². The van der Waals surface area contributed by atoms with Crippen molar-refractivity contribution in [2.24, 2.45) is 0 Å². The largest absolute Gasteiger partial charge is 0.493 e. The quantitative estimate of drug-likeness (QED) is 0.660. The Labute approximate surface area is 170 Å². The number of hydrogen-bond acceptors (Lipinski definition) is 6. The number of nitrogens with one attached hydrogen (secondary N) is 1. The van der Waals surface area contributed by atoms with Gasteiger partial charge in [-0.3, -0.25) is 9.10 Å². The van der Waals surface area contributed by atoms with Gasteiger partial charge in [-0.15, -0.1) is 0 Å². The van der Waals surface area contributed by atoms with Crippen molar-refractivity contribution >= 4 is 33.4 Å². The second-order valence-electron chi connectivity index (χ2n) is 6.03. The molecule has 8 nitrogen and oxygen atoms in total. The first-order valence-electron chi connectivity index (χ1n) is 8.53. The molecular formula is C20H24N2O6S. The summed E-state index contributed by atoms with van der Waals surface area (Å²) in [4.78, 5) is 12.3. The van der Waals surface area contributed by atoms with Gasteiger partial charge in [0.05, 0.1) is 33.3 Å². The number of methoxy groups -OCH3 is 3. The molecule has 9 heteroatoms.